The molecule has 12 heavy (non-hydrogen) atoms. The number of hydrazine groups is 1. The summed E-state index contributed by atoms with van der Waals surface area (Å²) < 4.78 is 0. The minimum atomic E-state index is -1.43. The molecule has 0 aromatic rings. The fraction of sp³-hybridized carbons (Fsp3) is 0.714. The van der Waals surface area contributed by atoms with Gasteiger partial charge in [-0.2, -0.15) is 0 Å². The molecule has 0 saturated carbocycles. The molecule has 1 heterocycles. The third-order valence-electron chi connectivity index (χ3n) is 1.81. The number of rotatable bonds is 1. The van der Waals surface area contributed by atoms with Crippen LogP contribution in [0.1, 0.15) is 19.3 Å². The maximum atomic E-state index is 10.7. The third kappa shape index (κ3) is 2.50. The van der Waals surface area contributed by atoms with Crippen molar-refractivity contribution < 1.29 is 14.7 Å². The highest BCUT2D eigenvalue weighted by Crippen LogP contribution is 2.05. The molecule has 5 nitrogen and oxygen atoms in total. The molecule has 1 fully saturated rings. The summed E-state index contributed by atoms with van der Waals surface area (Å²) in [5, 5.41) is 9.93. The van der Waals surface area contributed by atoms with Crippen molar-refractivity contribution in [2.45, 2.75) is 19.3 Å². The summed E-state index contributed by atoms with van der Waals surface area (Å²) >= 11 is 0. The van der Waals surface area contributed by atoms with Crippen molar-refractivity contribution in [1.29, 1.82) is 0 Å². The van der Waals surface area contributed by atoms with Crippen molar-refractivity contribution in [3.8, 4) is 0 Å². The summed E-state index contributed by atoms with van der Waals surface area (Å²) in [5.74, 6) is -2.38. The smallest absolute Gasteiger partial charge is 0.395 e. The number of aliphatic carboxylic acids is 1. The standard InChI is InChI=1S/C7H12N2O3/c10-6(7(11)12)8-9-4-2-1-3-5-9/h1-5H2,(H,8,10)(H,11,12). The molecule has 68 valence electrons. The number of hydrogen-bond acceptors (Lipinski definition) is 3. The van der Waals surface area contributed by atoms with E-state index in [9.17, 15) is 9.59 Å². The van der Waals surface area contributed by atoms with Crippen LogP contribution in [0.15, 0.2) is 0 Å². The molecular weight excluding hydrogens is 160 g/mol. The van der Waals surface area contributed by atoms with Crippen molar-refractivity contribution in [3.63, 3.8) is 0 Å². The first-order chi connectivity index (χ1) is 5.70. The van der Waals surface area contributed by atoms with Gasteiger partial charge in [-0.3, -0.25) is 10.2 Å². The molecule has 0 radical (unpaired) electrons. The van der Waals surface area contributed by atoms with Crippen LogP contribution in [0.2, 0.25) is 0 Å². The lowest BCUT2D eigenvalue weighted by Crippen LogP contribution is -2.47. The van der Waals surface area contributed by atoms with E-state index < -0.39 is 11.9 Å². The Bertz CT molecular complexity index is 187. The van der Waals surface area contributed by atoms with Gasteiger partial charge in [0, 0.05) is 13.1 Å². The Hall–Kier alpha value is -1.10. The quantitative estimate of drug-likeness (QED) is 0.527. The van der Waals surface area contributed by atoms with Crippen LogP contribution in [0.4, 0.5) is 0 Å². The maximum absolute atomic E-state index is 10.7. The summed E-state index contributed by atoms with van der Waals surface area (Å²) in [5.41, 5.74) is 2.31. The predicted octanol–water partition coefficient (Wildman–Crippen LogP) is -0.412. The van der Waals surface area contributed by atoms with Gasteiger partial charge in [-0.05, 0) is 12.8 Å². The fourth-order valence-corrected chi connectivity index (χ4v) is 1.20. The van der Waals surface area contributed by atoms with Gasteiger partial charge in [-0.15, -0.1) is 0 Å². The van der Waals surface area contributed by atoms with E-state index in [4.69, 9.17) is 5.11 Å². The second-order valence-corrected chi connectivity index (χ2v) is 2.79. The maximum Gasteiger partial charge on any atom is 0.395 e. The molecular formula is C7H12N2O3. The summed E-state index contributed by atoms with van der Waals surface area (Å²) in [6.07, 6.45) is 3.18. The average Bonchev–Trinajstić information content (AvgIpc) is 2.06. The Morgan fingerprint density at radius 1 is 1.17 bits per heavy atom. The first kappa shape index (κ1) is 8.99. The molecule has 1 amide bonds. The van der Waals surface area contributed by atoms with Gasteiger partial charge < -0.3 is 5.11 Å². The summed E-state index contributed by atoms with van der Waals surface area (Å²) in [7, 11) is 0. The van der Waals surface area contributed by atoms with Crippen LogP contribution >= 0.6 is 0 Å². The Kier molecular flexibility index (Phi) is 3.04. The van der Waals surface area contributed by atoms with E-state index in [-0.39, 0.29) is 0 Å². The van der Waals surface area contributed by atoms with E-state index in [0.29, 0.717) is 0 Å². The van der Waals surface area contributed by atoms with Crippen LogP contribution < -0.4 is 5.43 Å². The Balaban J connectivity index is 2.29. The first-order valence-electron chi connectivity index (χ1n) is 3.99. The van der Waals surface area contributed by atoms with E-state index in [1.54, 1.807) is 5.01 Å². The summed E-state index contributed by atoms with van der Waals surface area (Å²) in [6.45, 7) is 1.50. The molecule has 5 heteroatoms. The minimum Gasteiger partial charge on any atom is -0.474 e. The molecule has 0 spiro atoms. The zero-order valence-electron chi connectivity index (χ0n) is 6.75. The predicted molar refractivity (Wildman–Crippen MR) is 41.2 cm³/mol. The van der Waals surface area contributed by atoms with Crippen molar-refractivity contribution in [2.24, 2.45) is 0 Å². The van der Waals surface area contributed by atoms with Gasteiger partial charge in [0.2, 0.25) is 0 Å². The number of nitrogens with zero attached hydrogens (tertiary/aromatic N) is 1. The molecule has 1 aliphatic rings. The van der Waals surface area contributed by atoms with Gasteiger partial charge >= 0.3 is 11.9 Å². The highest BCUT2D eigenvalue weighted by atomic mass is 16.4. The average molecular weight is 172 g/mol. The van der Waals surface area contributed by atoms with Gasteiger partial charge in [0.15, 0.2) is 0 Å². The lowest BCUT2D eigenvalue weighted by atomic mass is 10.2. The molecule has 2 N–H and O–H groups in total. The molecule has 0 atom stereocenters. The van der Waals surface area contributed by atoms with Gasteiger partial charge in [-0.25, -0.2) is 9.80 Å². The van der Waals surface area contributed by atoms with E-state index in [1.807, 2.05) is 0 Å². The molecule has 0 bridgehead atoms. The number of carbonyl (C=O) groups is 2. The second kappa shape index (κ2) is 4.06. The van der Waals surface area contributed by atoms with Crippen LogP contribution in [0.3, 0.4) is 0 Å². The van der Waals surface area contributed by atoms with E-state index in [2.05, 4.69) is 5.43 Å². The number of hydrogen-bond donors (Lipinski definition) is 2. The number of carboxylic acid groups (broad SMARTS) is 1. The summed E-state index contributed by atoms with van der Waals surface area (Å²) in [6, 6.07) is 0. The van der Waals surface area contributed by atoms with Gasteiger partial charge in [0.1, 0.15) is 0 Å². The van der Waals surface area contributed by atoms with Gasteiger partial charge in [0.25, 0.3) is 0 Å². The van der Waals surface area contributed by atoms with Crippen LogP contribution in [0.25, 0.3) is 0 Å². The van der Waals surface area contributed by atoms with Crippen LogP contribution in [0.5, 0.6) is 0 Å². The van der Waals surface area contributed by atoms with Crippen molar-refractivity contribution in [1.82, 2.24) is 10.4 Å². The first-order valence-corrected chi connectivity index (χ1v) is 3.99. The second-order valence-electron chi connectivity index (χ2n) is 2.79. The lowest BCUT2D eigenvalue weighted by molar-refractivity contribution is -0.152. The molecule has 0 unspecified atom stereocenters. The van der Waals surface area contributed by atoms with E-state index >= 15 is 0 Å². The zero-order chi connectivity index (χ0) is 8.97. The SMILES string of the molecule is O=C(O)C(=O)NN1CCCCC1. The van der Waals surface area contributed by atoms with Gasteiger partial charge in [-0.1, -0.05) is 6.42 Å². The number of carbonyl (C=O) groups excluding carboxylic acids is 1. The van der Waals surface area contributed by atoms with E-state index in [0.717, 1.165) is 32.4 Å². The zero-order valence-corrected chi connectivity index (χ0v) is 6.75. The molecule has 1 aliphatic heterocycles. The Labute approximate surface area is 70.3 Å². The molecule has 1 saturated heterocycles. The molecule has 1 rings (SSSR count). The largest absolute Gasteiger partial charge is 0.474 e. The molecule has 0 aliphatic carbocycles. The Morgan fingerprint density at radius 3 is 2.25 bits per heavy atom. The molecule has 0 aromatic carbocycles. The van der Waals surface area contributed by atoms with Crippen LogP contribution in [0, 0.1) is 0 Å². The van der Waals surface area contributed by atoms with Crippen LogP contribution in [-0.4, -0.2) is 35.1 Å². The number of carboxylic acids is 1. The highest BCUT2D eigenvalue weighted by molar-refractivity contribution is 6.31. The lowest BCUT2D eigenvalue weighted by Gasteiger charge is -2.25. The van der Waals surface area contributed by atoms with Crippen molar-refractivity contribution in [2.75, 3.05) is 13.1 Å². The molecule has 0 aromatic heterocycles. The number of nitrogens with one attached hydrogen (secondary N) is 1. The third-order valence-corrected chi connectivity index (χ3v) is 1.81. The summed E-state index contributed by atoms with van der Waals surface area (Å²) in [4.78, 5) is 20.8. The van der Waals surface area contributed by atoms with Gasteiger partial charge in [0.05, 0.1) is 0 Å². The topological polar surface area (TPSA) is 69.6 Å². The minimum absolute atomic E-state index is 0.749. The van der Waals surface area contributed by atoms with Crippen molar-refractivity contribution in [3.05, 3.63) is 0 Å². The van der Waals surface area contributed by atoms with Crippen LogP contribution in [-0.2, 0) is 9.59 Å². The highest BCUT2D eigenvalue weighted by Gasteiger charge is 2.16. The number of piperidine rings is 1. The normalized spacial score (nSPS) is 18.7. The van der Waals surface area contributed by atoms with Crippen molar-refractivity contribution >= 4 is 11.9 Å². The Morgan fingerprint density at radius 2 is 1.75 bits per heavy atom. The van der Waals surface area contributed by atoms with E-state index in [1.165, 1.54) is 0 Å². The number of amides is 1. The fourth-order valence-electron chi connectivity index (χ4n) is 1.20. The monoisotopic (exact) mass is 172 g/mol.